The van der Waals surface area contributed by atoms with E-state index < -0.39 is 17.7 Å². The lowest BCUT2D eigenvalue weighted by Gasteiger charge is -2.25. The molecule has 10 nitrogen and oxygen atoms in total. The van der Waals surface area contributed by atoms with Crippen LogP contribution in [0.4, 0.5) is 5.13 Å². The van der Waals surface area contributed by atoms with Crippen LogP contribution in [-0.2, 0) is 9.59 Å². The molecule has 1 fully saturated rings. The van der Waals surface area contributed by atoms with Gasteiger partial charge in [-0.3, -0.25) is 14.5 Å². The van der Waals surface area contributed by atoms with Crippen molar-refractivity contribution in [1.29, 1.82) is 0 Å². The van der Waals surface area contributed by atoms with Crippen LogP contribution in [0.3, 0.4) is 0 Å². The molecule has 1 N–H and O–H groups in total. The topological polar surface area (TPSA) is 117 Å². The van der Waals surface area contributed by atoms with Crippen LogP contribution in [0.5, 0.6) is 28.7 Å². The van der Waals surface area contributed by atoms with E-state index in [1.54, 1.807) is 30.3 Å². The smallest absolute Gasteiger partial charge is 0.301 e. The molecule has 0 aliphatic carbocycles. The summed E-state index contributed by atoms with van der Waals surface area (Å²) in [6.07, 6.45) is 0. The Morgan fingerprint density at radius 1 is 0.951 bits per heavy atom. The molecule has 0 unspecified atom stereocenters. The molecule has 0 radical (unpaired) electrons. The van der Waals surface area contributed by atoms with Gasteiger partial charge in [0.1, 0.15) is 19.0 Å². The van der Waals surface area contributed by atoms with Crippen LogP contribution in [0, 0.1) is 6.92 Å². The first kappa shape index (κ1) is 26.5. The molecular formula is C30H26N2O8S. The van der Waals surface area contributed by atoms with E-state index in [1.807, 2.05) is 25.1 Å². The van der Waals surface area contributed by atoms with Gasteiger partial charge in [0, 0.05) is 5.56 Å². The Bertz CT molecular complexity index is 1720. The highest BCUT2D eigenvalue weighted by Crippen LogP contribution is 2.48. The summed E-state index contributed by atoms with van der Waals surface area (Å²) in [5, 5.41) is 11.9. The molecule has 1 atom stereocenters. The highest BCUT2D eigenvalue weighted by atomic mass is 32.1. The third kappa shape index (κ3) is 4.38. The van der Waals surface area contributed by atoms with Gasteiger partial charge in [-0.2, -0.15) is 0 Å². The van der Waals surface area contributed by atoms with E-state index in [0.29, 0.717) is 63.7 Å². The number of amides is 1. The zero-order chi connectivity index (χ0) is 28.8. The fourth-order valence-corrected chi connectivity index (χ4v) is 6.16. The quantitative estimate of drug-likeness (QED) is 0.192. The first-order valence-corrected chi connectivity index (χ1v) is 13.5. The molecule has 2 aliphatic rings. The molecule has 210 valence electrons. The number of rotatable bonds is 6. The second-order valence-electron chi connectivity index (χ2n) is 9.45. The summed E-state index contributed by atoms with van der Waals surface area (Å²) in [6.45, 7) is 2.73. The molecule has 0 spiro atoms. The Labute approximate surface area is 239 Å². The number of ether oxygens (including phenoxy) is 5. The number of anilines is 1. The first-order chi connectivity index (χ1) is 19.8. The molecule has 1 saturated heterocycles. The number of aryl methyl sites for hydroxylation is 1. The maximum atomic E-state index is 13.7. The number of ketones is 1. The zero-order valence-electron chi connectivity index (χ0n) is 22.7. The minimum absolute atomic E-state index is 0.114. The number of Topliss-reactive ketones (excluding diaryl/α,β-unsaturated/α-hetero) is 1. The molecule has 2 aliphatic heterocycles. The Morgan fingerprint density at radius 2 is 1.66 bits per heavy atom. The number of carbonyl (C=O) groups excluding carboxylic acids is 2. The standard InChI is InChI=1S/C30H26N2O8S/c1-15-5-7-18-23(11-15)41-30(31-18)32-25(17-13-21(36-2)28(38-4)22(14-17)37-3)24(27(34)29(32)35)26(33)16-6-8-19-20(12-16)40-10-9-39-19/h5-8,11-14,25,33H,9-10H2,1-4H3/b26-24+/t25-/m0/s1. The predicted octanol–water partition coefficient (Wildman–Crippen LogP) is 5.03. The number of hydrogen-bond donors (Lipinski definition) is 1. The predicted molar refractivity (Wildman–Crippen MR) is 153 cm³/mol. The molecular weight excluding hydrogens is 548 g/mol. The first-order valence-electron chi connectivity index (χ1n) is 12.7. The van der Waals surface area contributed by atoms with Gasteiger partial charge in [-0.05, 0) is 60.5 Å². The Morgan fingerprint density at radius 3 is 2.34 bits per heavy atom. The maximum absolute atomic E-state index is 13.7. The fourth-order valence-electron chi connectivity index (χ4n) is 5.07. The van der Waals surface area contributed by atoms with Gasteiger partial charge in [-0.15, -0.1) is 0 Å². The molecule has 4 aromatic rings. The van der Waals surface area contributed by atoms with Crippen LogP contribution in [0.2, 0.25) is 0 Å². The van der Waals surface area contributed by atoms with Gasteiger partial charge in [0.05, 0.1) is 43.2 Å². The van der Waals surface area contributed by atoms with Crippen LogP contribution in [0.15, 0.2) is 54.1 Å². The van der Waals surface area contributed by atoms with E-state index in [4.69, 9.17) is 23.7 Å². The lowest BCUT2D eigenvalue weighted by Crippen LogP contribution is -2.29. The number of nitrogens with zero attached hydrogens (tertiary/aromatic N) is 2. The maximum Gasteiger partial charge on any atom is 0.301 e. The SMILES string of the molecule is COc1cc([C@H]2/C(=C(\O)c3ccc4c(c3)OCCO4)C(=O)C(=O)N2c2nc3ccc(C)cc3s2)cc(OC)c1OC. The van der Waals surface area contributed by atoms with Gasteiger partial charge in [0.25, 0.3) is 5.78 Å². The number of fused-ring (bicyclic) bond motifs is 2. The number of benzene rings is 3. The summed E-state index contributed by atoms with van der Waals surface area (Å²) in [4.78, 5) is 33.4. The summed E-state index contributed by atoms with van der Waals surface area (Å²) >= 11 is 1.28. The van der Waals surface area contributed by atoms with E-state index in [9.17, 15) is 14.7 Å². The molecule has 1 aromatic heterocycles. The van der Waals surface area contributed by atoms with Crippen molar-refractivity contribution in [2.75, 3.05) is 39.4 Å². The third-order valence-corrected chi connectivity index (χ3v) is 8.02. The van der Waals surface area contributed by atoms with Crippen LogP contribution >= 0.6 is 11.3 Å². The molecule has 3 aromatic carbocycles. The fraction of sp³-hybridized carbons (Fsp3) is 0.233. The van der Waals surface area contributed by atoms with Crippen molar-refractivity contribution >= 4 is 44.1 Å². The Hall–Kier alpha value is -4.77. The van der Waals surface area contributed by atoms with Crippen LogP contribution in [0.25, 0.3) is 16.0 Å². The van der Waals surface area contributed by atoms with Crippen LogP contribution in [-0.4, -0.2) is 56.3 Å². The van der Waals surface area contributed by atoms with Crippen molar-refractivity contribution in [3.8, 4) is 28.7 Å². The zero-order valence-corrected chi connectivity index (χ0v) is 23.5. The van der Waals surface area contributed by atoms with Gasteiger partial charge < -0.3 is 28.8 Å². The number of thiazole rings is 1. The molecule has 0 saturated carbocycles. The van der Waals surface area contributed by atoms with Crippen molar-refractivity contribution in [3.05, 3.63) is 70.8 Å². The Kier molecular flexibility index (Phi) is 6.66. The average Bonchev–Trinajstić information content (AvgIpc) is 3.52. The lowest BCUT2D eigenvalue weighted by molar-refractivity contribution is -0.132. The number of aliphatic hydroxyl groups excluding tert-OH is 1. The Balaban J connectivity index is 1.59. The minimum atomic E-state index is -1.06. The summed E-state index contributed by atoms with van der Waals surface area (Å²) in [6, 6.07) is 12.9. The van der Waals surface area contributed by atoms with E-state index in [0.717, 1.165) is 10.3 Å². The normalized spacial score (nSPS) is 17.7. The van der Waals surface area contributed by atoms with Gasteiger partial charge in [0.2, 0.25) is 5.75 Å². The second kappa shape index (κ2) is 10.3. The van der Waals surface area contributed by atoms with Crippen LogP contribution < -0.4 is 28.6 Å². The monoisotopic (exact) mass is 574 g/mol. The van der Waals surface area contributed by atoms with Crippen molar-refractivity contribution in [2.45, 2.75) is 13.0 Å². The summed E-state index contributed by atoms with van der Waals surface area (Å²) < 4.78 is 28.7. The molecule has 41 heavy (non-hydrogen) atoms. The third-order valence-electron chi connectivity index (χ3n) is 7.00. The molecule has 0 bridgehead atoms. The van der Waals surface area contributed by atoms with E-state index in [1.165, 1.54) is 37.6 Å². The van der Waals surface area contributed by atoms with E-state index in [2.05, 4.69) is 4.98 Å². The number of methoxy groups -OCH3 is 3. The molecule has 1 amide bonds. The minimum Gasteiger partial charge on any atom is -0.507 e. The van der Waals surface area contributed by atoms with Crippen LogP contribution in [0.1, 0.15) is 22.7 Å². The molecule has 6 rings (SSSR count). The number of hydrogen-bond acceptors (Lipinski definition) is 10. The summed E-state index contributed by atoms with van der Waals surface area (Å²) in [7, 11) is 4.43. The summed E-state index contributed by atoms with van der Waals surface area (Å²) in [5.74, 6) is -0.0836. The largest absolute Gasteiger partial charge is 0.507 e. The van der Waals surface area contributed by atoms with Crippen molar-refractivity contribution < 1.29 is 38.4 Å². The number of aliphatic hydroxyl groups is 1. The lowest BCUT2D eigenvalue weighted by atomic mass is 9.94. The van der Waals surface area contributed by atoms with Crippen molar-refractivity contribution in [3.63, 3.8) is 0 Å². The van der Waals surface area contributed by atoms with Gasteiger partial charge >= 0.3 is 5.91 Å². The number of aromatic nitrogens is 1. The van der Waals surface area contributed by atoms with Gasteiger partial charge in [0.15, 0.2) is 28.1 Å². The highest BCUT2D eigenvalue weighted by molar-refractivity contribution is 7.22. The van der Waals surface area contributed by atoms with E-state index in [-0.39, 0.29) is 11.3 Å². The van der Waals surface area contributed by atoms with Gasteiger partial charge in [-0.25, -0.2) is 4.98 Å². The van der Waals surface area contributed by atoms with Crippen molar-refractivity contribution in [2.24, 2.45) is 0 Å². The van der Waals surface area contributed by atoms with E-state index >= 15 is 0 Å². The highest BCUT2D eigenvalue weighted by Gasteiger charge is 2.48. The molecule has 3 heterocycles. The molecule has 11 heteroatoms. The number of carbonyl (C=O) groups is 2. The van der Waals surface area contributed by atoms with Gasteiger partial charge in [-0.1, -0.05) is 17.4 Å². The average molecular weight is 575 g/mol. The van der Waals surface area contributed by atoms with Crippen molar-refractivity contribution in [1.82, 2.24) is 4.98 Å². The second-order valence-corrected chi connectivity index (χ2v) is 10.5. The summed E-state index contributed by atoms with van der Waals surface area (Å²) in [5.41, 5.74) is 2.36.